The molecule has 1 nitrogen and oxygen atoms in total. The zero-order valence-corrected chi connectivity index (χ0v) is 14.8. The van der Waals surface area contributed by atoms with Crippen LogP contribution in [0.5, 0.6) is 0 Å². The summed E-state index contributed by atoms with van der Waals surface area (Å²) in [6, 6.07) is 0. The molecular weight excluding hydrogens is 254 g/mol. The van der Waals surface area contributed by atoms with Gasteiger partial charge in [-0.1, -0.05) is 53.4 Å². The second-order valence-electron chi connectivity index (χ2n) is 6.00. The molecule has 0 amide bonds. The Morgan fingerprint density at radius 2 is 0.789 bits per heavy atom. The number of hydrogen-bond donors (Lipinski definition) is 0. The lowest BCUT2D eigenvalue weighted by atomic mass is 10.1. The standard InChI is InChI=1S/C17H38N.ClH/c1-5-9-13-17-18(14-10-6-2,15-11-7-3)16-12-8-4;/h5-17H2,1-4H3;1H/q+1;/p-1. The van der Waals surface area contributed by atoms with Gasteiger partial charge in [-0.2, -0.15) is 0 Å². The van der Waals surface area contributed by atoms with E-state index in [1.807, 2.05) is 0 Å². The molecule has 118 valence electrons. The largest absolute Gasteiger partial charge is 1.00 e. The van der Waals surface area contributed by atoms with E-state index in [-0.39, 0.29) is 12.4 Å². The van der Waals surface area contributed by atoms with Crippen molar-refractivity contribution in [2.75, 3.05) is 26.2 Å². The van der Waals surface area contributed by atoms with Crippen molar-refractivity contribution in [2.24, 2.45) is 0 Å². The van der Waals surface area contributed by atoms with Crippen LogP contribution in [0.15, 0.2) is 0 Å². The third kappa shape index (κ3) is 10.7. The normalized spacial score (nSPS) is 11.4. The van der Waals surface area contributed by atoms with Crippen LogP contribution in [-0.4, -0.2) is 30.7 Å². The van der Waals surface area contributed by atoms with E-state index < -0.39 is 0 Å². The van der Waals surface area contributed by atoms with Crippen LogP contribution < -0.4 is 12.4 Å². The minimum atomic E-state index is 0. The van der Waals surface area contributed by atoms with E-state index in [2.05, 4.69) is 27.7 Å². The molecule has 0 heterocycles. The average Bonchev–Trinajstić information content (AvgIpc) is 2.40. The number of hydrogen-bond acceptors (Lipinski definition) is 0. The highest BCUT2D eigenvalue weighted by Crippen LogP contribution is 2.16. The first-order valence-electron chi connectivity index (χ1n) is 8.59. The summed E-state index contributed by atoms with van der Waals surface area (Å²) >= 11 is 0. The Balaban J connectivity index is 0. The lowest BCUT2D eigenvalue weighted by Gasteiger charge is -2.39. The molecule has 2 heteroatoms. The van der Waals surface area contributed by atoms with E-state index in [9.17, 15) is 0 Å². The van der Waals surface area contributed by atoms with Crippen molar-refractivity contribution in [1.82, 2.24) is 0 Å². The smallest absolute Gasteiger partial charge is 0.0786 e. The van der Waals surface area contributed by atoms with Gasteiger partial charge in [0.25, 0.3) is 0 Å². The third-order valence-electron chi connectivity index (χ3n) is 4.19. The first-order chi connectivity index (χ1) is 8.74. The topological polar surface area (TPSA) is 0 Å². The maximum absolute atomic E-state index is 2.33. The van der Waals surface area contributed by atoms with Crippen molar-refractivity contribution in [3.05, 3.63) is 0 Å². The molecule has 0 radical (unpaired) electrons. The highest BCUT2D eigenvalue weighted by atomic mass is 35.5. The summed E-state index contributed by atoms with van der Waals surface area (Å²) in [4.78, 5) is 0. The van der Waals surface area contributed by atoms with E-state index in [0.717, 1.165) is 0 Å². The SMILES string of the molecule is CCCCC[N+](CCCC)(CCCC)CCCC.[Cl-]. The molecule has 0 saturated carbocycles. The van der Waals surface area contributed by atoms with E-state index >= 15 is 0 Å². The maximum Gasteiger partial charge on any atom is 0.0786 e. The second kappa shape index (κ2) is 14.7. The van der Waals surface area contributed by atoms with Gasteiger partial charge in [0, 0.05) is 0 Å². The summed E-state index contributed by atoms with van der Waals surface area (Å²) in [5.74, 6) is 0. The van der Waals surface area contributed by atoms with E-state index in [1.54, 1.807) is 0 Å². The van der Waals surface area contributed by atoms with Crippen molar-refractivity contribution in [1.29, 1.82) is 0 Å². The van der Waals surface area contributed by atoms with Gasteiger partial charge in [-0.05, 0) is 32.1 Å². The summed E-state index contributed by atoms with van der Waals surface area (Å²) in [7, 11) is 0. The van der Waals surface area contributed by atoms with Gasteiger partial charge in [0.15, 0.2) is 0 Å². The Morgan fingerprint density at radius 1 is 0.474 bits per heavy atom. The fourth-order valence-electron chi connectivity index (χ4n) is 2.85. The van der Waals surface area contributed by atoms with Crippen LogP contribution in [0.4, 0.5) is 0 Å². The summed E-state index contributed by atoms with van der Waals surface area (Å²) in [6.07, 6.45) is 12.5. The van der Waals surface area contributed by atoms with Gasteiger partial charge in [0.2, 0.25) is 0 Å². The van der Waals surface area contributed by atoms with Crippen LogP contribution in [-0.2, 0) is 0 Å². The first-order valence-corrected chi connectivity index (χ1v) is 8.59. The predicted molar refractivity (Wildman–Crippen MR) is 84.0 cm³/mol. The zero-order valence-electron chi connectivity index (χ0n) is 14.0. The monoisotopic (exact) mass is 291 g/mol. The third-order valence-corrected chi connectivity index (χ3v) is 4.19. The van der Waals surface area contributed by atoms with Crippen molar-refractivity contribution < 1.29 is 16.9 Å². The van der Waals surface area contributed by atoms with E-state index in [0.29, 0.717) is 0 Å². The lowest BCUT2D eigenvalue weighted by Crippen LogP contribution is -3.00. The lowest BCUT2D eigenvalue weighted by molar-refractivity contribution is -0.929. The molecule has 19 heavy (non-hydrogen) atoms. The number of rotatable bonds is 13. The van der Waals surface area contributed by atoms with Gasteiger partial charge in [-0.3, -0.25) is 0 Å². The van der Waals surface area contributed by atoms with Gasteiger partial charge >= 0.3 is 0 Å². The minimum absolute atomic E-state index is 0. The molecule has 0 aliphatic carbocycles. The predicted octanol–water partition coefficient (Wildman–Crippen LogP) is 2.40. The Bertz CT molecular complexity index is 149. The molecular formula is C17H38ClN. The quantitative estimate of drug-likeness (QED) is 0.361. The zero-order chi connectivity index (χ0) is 13.7. The molecule has 0 N–H and O–H groups in total. The molecule has 0 aromatic rings. The highest BCUT2D eigenvalue weighted by Gasteiger charge is 2.24. The summed E-state index contributed by atoms with van der Waals surface area (Å²) in [5, 5.41) is 0. The second-order valence-corrected chi connectivity index (χ2v) is 6.00. The Morgan fingerprint density at radius 3 is 1.11 bits per heavy atom. The molecule has 0 unspecified atom stereocenters. The number of nitrogens with zero attached hydrogens (tertiary/aromatic N) is 1. The first kappa shape index (κ1) is 21.5. The average molecular weight is 292 g/mol. The molecule has 0 aromatic heterocycles. The Hall–Kier alpha value is 0.250. The van der Waals surface area contributed by atoms with Crippen molar-refractivity contribution >= 4 is 0 Å². The summed E-state index contributed by atoms with van der Waals surface area (Å²) in [6.45, 7) is 15.0. The summed E-state index contributed by atoms with van der Waals surface area (Å²) in [5.41, 5.74) is 0. The molecule has 0 aromatic carbocycles. The maximum atomic E-state index is 2.33. The van der Waals surface area contributed by atoms with Crippen molar-refractivity contribution in [3.8, 4) is 0 Å². The molecule has 0 rings (SSSR count). The summed E-state index contributed by atoms with van der Waals surface area (Å²) < 4.78 is 1.43. The van der Waals surface area contributed by atoms with Crippen molar-refractivity contribution in [3.63, 3.8) is 0 Å². The van der Waals surface area contributed by atoms with Gasteiger partial charge in [0.05, 0.1) is 26.2 Å². The van der Waals surface area contributed by atoms with Gasteiger partial charge in [0.1, 0.15) is 0 Å². The Labute approximate surface area is 129 Å². The number of halogens is 1. The molecule has 0 fully saturated rings. The molecule has 0 aliphatic heterocycles. The van der Waals surface area contributed by atoms with Crippen LogP contribution in [0, 0.1) is 0 Å². The van der Waals surface area contributed by atoms with E-state index in [4.69, 9.17) is 0 Å². The molecule has 0 bridgehead atoms. The van der Waals surface area contributed by atoms with Crippen LogP contribution in [0.3, 0.4) is 0 Å². The van der Waals surface area contributed by atoms with Crippen molar-refractivity contribution in [2.45, 2.75) is 85.5 Å². The molecule has 0 saturated heterocycles. The number of quaternary nitrogens is 1. The van der Waals surface area contributed by atoms with Crippen LogP contribution >= 0.6 is 0 Å². The number of unbranched alkanes of at least 4 members (excludes halogenated alkanes) is 5. The minimum Gasteiger partial charge on any atom is -1.00 e. The Kier molecular flexibility index (Phi) is 16.6. The fourth-order valence-corrected chi connectivity index (χ4v) is 2.85. The molecule has 0 atom stereocenters. The van der Waals surface area contributed by atoms with Gasteiger partial charge in [-0.15, -0.1) is 0 Å². The van der Waals surface area contributed by atoms with E-state index in [1.165, 1.54) is 88.4 Å². The van der Waals surface area contributed by atoms with Crippen LogP contribution in [0.2, 0.25) is 0 Å². The van der Waals surface area contributed by atoms with Crippen LogP contribution in [0.1, 0.15) is 85.5 Å². The highest BCUT2D eigenvalue weighted by molar-refractivity contribution is 4.50. The van der Waals surface area contributed by atoms with Gasteiger partial charge < -0.3 is 16.9 Å². The van der Waals surface area contributed by atoms with Gasteiger partial charge in [-0.25, -0.2) is 0 Å². The molecule has 0 aliphatic rings. The fraction of sp³-hybridized carbons (Fsp3) is 1.00. The molecule has 0 spiro atoms. The van der Waals surface area contributed by atoms with Crippen LogP contribution in [0.25, 0.3) is 0 Å².